The molecule has 0 heterocycles. The van der Waals surface area contributed by atoms with Crippen LogP contribution in [0.15, 0.2) is 0 Å². The van der Waals surface area contributed by atoms with Crippen molar-refractivity contribution in [3.05, 3.63) is 0 Å². The van der Waals surface area contributed by atoms with E-state index in [0.717, 1.165) is 0 Å². The number of carbonyl (C=O) groups excluding carboxylic acids is 2. The van der Waals surface area contributed by atoms with Crippen molar-refractivity contribution in [2.24, 2.45) is 0 Å². The summed E-state index contributed by atoms with van der Waals surface area (Å²) in [5, 5.41) is 0. The van der Waals surface area contributed by atoms with Crippen molar-refractivity contribution in [1.29, 1.82) is 0 Å². The first-order chi connectivity index (χ1) is 8.18. The number of rotatable bonds is 6. The van der Waals surface area contributed by atoms with Crippen LogP contribution in [0.1, 0.15) is 13.8 Å². The first kappa shape index (κ1) is 17.1. The second-order valence-electron chi connectivity index (χ2n) is 3.40. The van der Waals surface area contributed by atoms with Gasteiger partial charge in [0.2, 0.25) is 0 Å². The zero-order valence-corrected chi connectivity index (χ0v) is 12.5. The van der Waals surface area contributed by atoms with Crippen molar-refractivity contribution in [3.8, 4) is 0 Å². The van der Waals surface area contributed by atoms with Crippen molar-refractivity contribution in [1.82, 2.24) is 9.44 Å². The van der Waals surface area contributed by atoms with E-state index in [1.54, 1.807) is 18.6 Å². The molecule has 2 N–H and O–H groups in total. The minimum atomic E-state index is -4.08. The van der Waals surface area contributed by atoms with Gasteiger partial charge in [-0.2, -0.15) is 13.1 Å². The molecule has 0 aromatic carbocycles. The topological polar surface area (TPSA) is 111 Å². The third kappa shape index (κ3) is 7.45. The highest BCUT2D eigenvalue weighted by molar-refractivity contribution is 9.10. The Morgan fingerprint density at radius 2 is 1.89 bits per heavy atom. The molecule has 18 heavy (non-hydrogen) atoms. The quantitative estimate of drug-likeness (QED) is 0.512. The maximum atomic E-state index is 11.3. The number of halogens is 1. The van der Waals surface area contributed by atoms with Crippen molar-refractivity contribution in [3.63, 3.8) is 0 Å². The molecule has 0 fully saturated rings. The van der Waals surface area contributed by atoms with Crippen LogP contribution in [0.3, 0.4) is 0 Å². The Balaban J connectivity index is 4.24. The summed E-state index contributed by atoms with van der Waals surface area (Å²) >= 11 is 2.92. The molecular formula is C8H15BrN2O6S. The second-order valence-corrected chi connectivity index (χ2v) is 6.00. The Bertz CT molecular complexity index is 396. The van der Waals surface area contributed by atoms with Gasteiger partial charge in [0, 0.05) is 6.54 Å². The molecule has 8 nitrogen and oxygen atoms in total. The monoisotopic (exact) mass is 346 g/mol. The summed E-state index contributed by atoms with van der Waals surface area (Å²) in [6.07, 6.45) is -1.54. The van der Waals surface area contributed by atoms with E-state index in [-0.39, 0.29) is 6.54 Å². The lowest BCUT2D eigenvalue weighted by molar-refractivity contribution is -0.139. The summed E-state index contributed by atoms with van der Waals surface area (Å²) < 4.78 is 35.3. The van der Waals surface area contributed by atoms with Crippen molar-refractivity contribution in [2.75, 3.05) is 13.7 Å². The Labute approximate surface area is 114 Å². The van der Waals surface area contributed by atoms with E-state index in [4.69, 9.17) is 0 Å². The van der Waals surface area contributed by atoms with Gasteiger partial charge in [-0.25, -0.2) is 9.52 Å². The fourth-order valence-electron chi connectivity index (χ4n) is 0.778. The van der Waals surface area contributed by atoms with E-state index in [1.165, 1.54) is 7.11 Å². The smallest absolute Gasteiger partial charge is 0.422 e. The number of alkyl halides is 1. The van der Waals surface area contributed by atoms with Gasteiger partial charge in [-0.1, -0.05) is 15.9 Å². The highest BCUT2D eigenvalue weighted by Gasteiger charge is 2.21. The molecule has 0 spiro atoms. The third-order valence-corrected chi connectivity index (χ3v) is 3.15. The summed E-state index contributed by atoms with van der Waals surface area (Å²) in [6.45, 7) is 2.88. The minimum Gasteiger partial charge on any atom is -0.468 e. The van der Waals surface area contributed by atoms with Crippen molar-refractivity contribution < 1.29 is 27.5 Å². The molecular weight excluding hydrogens is 332 g/mol. The Kier molecular flexibility index (Phi) is 7.18. The Morgan fingerprint density at radius 3 is 2.33 bits per heavy atom. The van der Waals surface area contributed by atoms with Crippen LogP contribution in [0.4, 0.5) is 4.79 Å². The van der Waals surface area contributed by atoms with Crippen molar-refractivity contribution >= 4 is 38.2 Å². The van der Waals surface area contributed by atoms with E-state index >= 15 is 0 Å². The number of nitrogens with one attached hydrogen (secondary N) is 2. The number of hydrogen-bond acceptors (Lipinski definition) is 6. The number of esters is 1. The Hall–Kier alpha value is -0.870. The molecule has 1 amide bonds. The van der Waals surface area contributed by atoms with Gasteiger partial charge in [-0.3, -0.25) is 4.79 Å². The standard InChI is InChI=1S/C8H15BrN2O6S/c1-5(2)17-8(13)11-18(14,15)10-4-6(9)7(12)16-3/h5-6,10H,4H2,1-3H3,(H,11,13). The highest BCUT2D eigenvalue weighted by atomic mass is 79.9. The maximum absolute atomic E-state index is 11.3. The average molecular weight is 347 g/mol. The predicted octanol–water partition coefficient (Wildman–Crippen LogP) is -0.108. The van der Waals surface area contributed by atoms with E-state index in [1.807, 2.05) is 4.72 Å². The number of methoxy groups -OCH3 is 1. The van der Waals surface area contributed by atoms with Gasteiger partial charge >= 0.3 is 22.3 Å². The molecule has 0 rings (SSSR count). The van der Waals surface area contributed by atoms with Crippen LogP contribution in [0.25, 0.3) is 0 Å². The number of amides is 1. The fourth-order valence-corrected chi connectivity index (χ4v) is 2.07. The molecule has 0 radical (unpaired) electrons. The van der Waals surface area contributed by atoms with Gasteiger partial charge in [0.25, 0.3) is 0 Å². The van der Waals surface area contributed by atoms with Crippen LogP contribution >= 0.6 is 15.9 Å². The normalized spacial score (nSPS) is 12.9. The molecule has 0 aliphatic carbocycles. The highest BCUT2D eigenvalue weighted by Crippen LogP contribution is 2.00. The van der Waals surface area contributed by atoms with Gasteiger partial charge < -0.3 is 9.47 Å². The third-order valence-electron chi connectivity index (χ3n) is 1.47. The molecule has 0 saturated heterocycles. The molecule has 1 unspecified atom stereocenters. The predicted molar refractivity (Wildman–Crippen MR) is 66.4 cm³/mol. The minimum absolute atomic E-state index is 0.267. The first-order valence-corrected chi connectivity index (χ1v) is 7.27. The van der Waals surface area contributed by atoms with Gasteiger partial charge in [-0.15, -0.1) is 0 Å². The second kappa shape index (κ2) is 7.54. The summed E-state index contributed by atoms with van der Waals surface area (Å²) in [5.74, 6) is -0.637. The van der Waals surface area contributed by atoms with Gasteiger partial charge in [0.05, 0.1) is 13.2 Å². The summed E-state index contributed by atoms with van der Waals surface area (Å²) in [4.78, 5) is 21.2. The van der Waals surface area contributed by atoms with E-state index in [0.29, 0.717) is 0 Å². The molecule has 0 saturated carbocycles. The van der Waals surface area contributed by atoms with Crippen molar-refractivity contribution in [2.45, 2.75) is 24.8 Å². The molecule has 0 aromatic rings. The molecule has 1 atom stereocenters. The Morgan fingerprint density at radius 1 is 1.33 bits per heavy atom. The van der Waals surface area contributed by atoms with E-state index < -0.39 is 33.2 Å². The largest absolute Gasteiger partial charge is 0.468 e. The summed E-state index contributed by atoms with van der Waals surface area (Å²) in [7, 11) is -2.91. The summed E-state index contributed by atoms with van der Waals surface area (Å²) in [5.41, 5.74) is 0. The molecule has 10 heteroatoms. The fraction of sp³-hybridized carbons (Fsp3) is 0.750. The zero-order valence-electron chi connectivity index (χ0n) is 10.1. The lowest BCUT2D eigenvalue weighted by atomic mass is 10.4. The van der Waals surface area contributed by atoms with Crippen LogP contribution in [0, 0.1) is 0 Å². The van der Waals surface area contributed by atoms with Crippen LogP contribution in [0.5, 0.6) is 0 Å². The number of hydrogen-bond donors (Lipinski definition) is 2. The lowest BCUT2D eigenvalue weighted by Crippen LogP contribution is -2.44. The molecule has 0 aromatic heterocycles. The van der Waals surface area contributed by atoms with Gasteiger partial charge in [0.1, 0.15) is 4.83 Å². The van der Waals surface area contributed by atoms with Crippen LogP contribution in [-0.4, -0.2) is 45.1 Å². The summed E-state index contributed by atoms with van der Waals surface area (Å²) in [6, 6.07) is 0. The maximum Gasteiger partial charge on any atom is 0.422 e. The van der Waals surface area contributed by atoms with Crippen LogP contribution in [0.2, 0.25) is 0 Å². The number of ether oxygens (including phenoxy) is 2. The molecule has 0 aliphatic heterocycles. The zero-order chi connectivity index (χ0) is 14.3. The average Bonchev–Trinajstić information content (AvgIpc) is 2.22. The first-order valence-electron chi connectivity index (χ1n) is 4.88. The van der Waals surface area contributed by atoms with E-state index in [2.05, 4.69) is 25.4 Å². The van der Waals surface area contributed by atoms with Crippen LogP contribution in [-0.2, 0) is 24.5 Å². The van der Waals surface area contributed by atoms with Gasteiger partial charge in [-0.05, 0) is 13.8 Å². The van der Waals surface area contributed by atoms with Gasteiger partial charge in [0.15, 0.2) is 0 Å². The molecule has 0 aliphatic rings. The molecule has 0 bridgehead atoms. The lowest BCUT2D eigenvalue weighted by Gasteiger charge is -2.12. The van der Waals surface area contributed by atoms with E-state index in [9.17, 15) is 18.0 Å². The SMILES string of the molecule is COC(=O)C(Br)CNS(=O)(=O)NC(=O)OC(C)C. The van der Waals surface area contributed by atoms with Crippen LogP contribution < -0.4 is 9.44 Å². The molecule has 106 valence electrons. The number of carbonyl (C=O) groups is 2.